The Balaban J connectivity index is 3.45. The van der Waals surface area contributed by atoms with Gasteiger partial charge in [-0.2, -0.15) is 0 Å². The third kappa shape index (κ3) is 5.88. The van der Waals surface area contributed by atoms with E-state index in [1.165, 1.54) is 25.7 Å². The first-order valence-corrected chi connectivity index (χ1v) is 5.65. The summed E-state index contributed by atoms with van der Waals surface area (Å²) in [7, 11) is 0. The van der Waals surface area contributed by atoms with Crippen LogP contribution in [0.2, 0.25) is 0 Å². The van der Waals surface area contributed by atoms with E-state index in [1.807, 2.05) is 0 Å². The topological polar surface area (TPSA) is 0 Å². The molecule has 0 spiro atoms. The molecule has 0 fully saturated rings. The monoisotopic (exact) mass is 190 g/mol. The maximum Gasteiger partial charge on any atom is 0.0335 e. The normalized spacial score (nSPS) is 16.5. The van der Waals surface area contributed by atoms with Gasteiger partial charge in [-0.15, -0.1) is 11.6 Å². The Bertz CT molecular complexity index is 97.2. The second kappa shape index (κ2) is 6.77. The molecule has 0 aliphatic carbocycles. The van der Waals surface area contributed by atoms with Gasteiger partial charge in [0, 0.05) is 5.38 Å². The summed E-state index contributed by atoms with van der Waals surface area (Å²) in [6.45, 7) is 8.92. The van der Waals surface area contributed by atoms with Crippen LogP contribution in [0.3, 0.4) is 0 Å². The van der Waals surface area contributed by atoms with Crippen LogP contribution in [0.15, 0.2) is 0 Å². The molecule has 0 N–H and O–H groups in total. The zero-order valence-electron chi connectivity index (χ0n) is 8.94. The minimum Gasteiger partial charge on any atom is -0.123 e. The predicted molar refractivity (Wildman–Crippen MR) is 57.8 cm³/mol. The van der Waals surface area contributed by atoms with E-state index in [4.69, 9.17) is 11.6 Å². The molecule has 0 bridgehead atoms. The number of halogens is 1. The average molecular weight is 191 g/mol. The standard InChI is InChI=1S/C11H23Cl/c1-5-11(10(4)12)8-6-7-9(2)3/h9-11H,5-8H2,1-4H3. The fraction of sp³-hybridized carbons (Fsp3) is 1.00. The van der Waals surface area contributed by atoms with Crippen molar-refractivity contribution < 1.29 is 0 Å². The fourth-order valence-electron chi connectivity index (χ4n) is 1.55. The van der Waals surface area contributed by atoms with E-state index in [0.29, 0.717) is 5.38 Å². The van der Waals surface area contributed by atoms with Crippen LogP contribution < -0.4 is 0 Å². The van der Waals surface area contributed by atoms with Gasteiger partial charge in [0.25, 0.3) is 0 Å². The minimum absolute atomic E-state index is 0.349. The summed E-state index contributed by atoms with van der Waals surface area (Å²) in [5, 5.41) is 0.349. The molecule has 0 aromatic heterocycles. The van der Waals surface area contributed by atoms with Gasteiger partial charge < -0.3 is 0 Å². The third-order valence-corrected chi connectivity index (χ3v) is 2.89. The molecule has 0 heterocycles. The first-order valence-electron chi connectivity index (χ1n) is 5.22. The zero-order valence-corrected chi connectivity index (χ0v) is 9.69. The van der Waals surface area contributed by atoms with E-state index in [1.54, 1.807) is 0 Å². The summed E-state index contributed by atoms with van der Waals surface area (Å²) in [6.07, 6.45) is 5.22. The van der Waals surface area contributed by atoms with E-state index in [9.17, 15) is 0 Å². The van der Waals surface area contributed by atoms with Crippen molar-refractivity contribution in [2.75, 3.05) is 0 Å². The van der Waals surface area contributed by atoms with Gasteiger partial charge in [0.1, 0.15) is 0 Å². The number of hydrogen-bond donors (Lipinski definition) is 0. The molecule has 0 aromatic rings. The van der Waals surface area contributed by atoms with Crippen molar-refractivity contribution in [1.29, 1.82) is 0 Å². The van der Waals surface area contributed by atoms with Crippen LogP contribution in [-0.2, 0) is 0 Å². The Morgan fingerprint density at radius 2 is 1.67 bits per heavy atom. The average Bonchev–Trinajstić information content (AvgIpc) is 1.96. The van der Waals surface area contributed by atoms with Crippen molar-refractivity contribution in [3.05, 3.63) is 0 Å². The summed E-state index contributed by atoms with van der Waals surface area (Å²) < 4.78 is 0. The maximum atomic E-state index is 6.06. The Morgan fingerprint density at radius 3 is 2.00 bits per heavy atom. The molecule has 0 amide bonds. The highest BCUT2D eigenvalue weighted by molar-refractivity contribution is 6.20. The second-order valence-electron chi connectivity index (χ2n) is 4.17. The molecule has 1 heteroatoms. The van der Waals surface area contributed by atoms with Gasteiger partial charge in [-0.25, -0.2) is 0 Å². The Kier molecular flexibility index (Phi) is 6.93. The molecule has 0 nitrogen and oxygen atoms in total. The summed E-state index contributed by atoms with van der Waals surface area (Å²) in [4.78, 5) is 0. The van der Waals surface area contributed by atoms with Crippen molar-refractivity contribution >= 4 is 11.6 Å². The van der Waals surface area contributed by atoms with E-state index < -0.39 is 0 Å². The van der Waals surface area contributed by atoms with Crippen LogP contribution >= 0.6 is 11.6 Å². The number of rotatable bonds is 6. The van der Waals surface area contributed by atoms with Gasteiger partial charge in [0.2, 0.25) is 0 Å². The molecule has 2 atom stereocenters. The lowest BCUT2D eigenvalue weighted by Crippen LogP contribution is -2.10. The molecule has 0 aromatic carbocycles. The summed E-state index contributed by atoms with van der Waals surface area (Å²) in [5.74, 6) is 1.57. The van der Waals surface area contributed by atoms with E-state index in [-0.39, 0.29) is 0 Å². The van der Waals surface area contributed by atoms with Crippen molar-refractivity contribution in [2.24, 2.45) is 11.8 Å². The molecule has 12 heavy (non-hydrogen) atoms. The molecule has 0 saturated heterocycles. The SMILES string of the molecule is CCC(CCCC(C)C)C(C)Cl. The summed E-state index contributed by atoms with van der Waals surface area (Å²) in [5.41, 5.74) is 0. The lowest BCUT2D eigenvalue weighted by atomic mass is 9.94. The summed E-state index contributed by atoms with van der Waals surface area (Å²) in [6, 6.07) is 0. The smallest absolute Gasteiger partial charge is 0.0335 e. The van der Waals surface area contributed by atoms with Crippen molar-refractivity contribution in [3.63, 3.8) is 0 Å². The van der Waals surface area contributed by atoms with Crippen molar-refractivity contribution in [1.82, 2.24) is 0 Å². The van der Waals surface area contributed by atoms with Gasteiger partial charge in [-0.05, 0) is 25.2 Å². The molecule has 0 radical (unpaired) electrons. The number of alkyl halides is 1. The van der Waals surface area contributed by atoms with Gasteiger partial charge in [-0.3, -0.25) is 0 Å². The van der Waals surface area contributed by atoms with E-state index in [0.717, 1.165) is 11.8 Å². The molecule has 2 unspecified atom stereocenters. The van der Waals surface area contributed by atoms with Crippen LogP contribution in [0.5, 0.6) is 0 Å². The van der Waals surface area contributed by atoms with Gasteiger partial charge in [-0.1, -0.05) is 40.0 Å². The van der Waals surface area contributed by atoms with Gasteiger partial charge in [0.15, 0.2) is 0 Å². The predicted octanol–water partition coefficient (Wildman–Crippen LogP) is 4.47. The molecule has 0 saturated carbocycles. The molecular weight excluding hydrogens is 168 g/mol. The van der Waals surface area contributed by atoms with Crippen LogP contribution in [0.4, 0.5) is 0 Å². The Morgan fingerprint density at radius 1 is 1.08 bits per heavy atom. The highest BCUT2D eigenvalue weighted by Gasteiger charge is 2.12. The highest BCUT2D eigenvalue weighted by Crippen LogP contribution is 2.21. The Labute approximate surface area is 82.7 Å². The van der Waals surface area contributed by atoms with Crippen LogP contribution in [0.1, 0.15) is 53.4 Å². The summed E-state index contributed by atoms with van der Waals surface area (Å²) >= 11 is 6.06. The first kappa shape index (κ1) is 12.3. The van der Waals surface area contributed by atoms with Gasteiger partial charge >= 0.3 is 0 Å². The van der Waals surface area contributed by atoms with E-state index in [2.05, 4.69) is 27.7 Å². The largest absolute Gasteiger partial charge is 0.123 e. The molecular formula is C11H23Cl. The minimum atomic E-state index is 0.349. The zero-order chi connectivity index (χ0) is 9.56. The molecule has 0 aliphatic rings. The molecule has 0 aliphatic heterocycles. The lowest BCUT2D eigenvalue weighted by molar-refractivity contribution is 0.416. The van der Waals surface area contributed by atoms with Crippen LogP contribution in [0, 0.1) is 11.8 Å². The number of hydrogen-bond acceptors (Lipinski definition) is 0. The fourth-order valence-corrected chi connectivity index (χ4v) is 1.85. The molecule has 74 valence electrons. The molecule has 0 rings (SSSR count). The van der Waals surface area contributed by atoms with Crippen molar-refractivity contribution in [2.45, 2.75) is 58.8 Å². The first-order chi connectivity index (χ1) is 5.57. The third-order valence-electron chi connectivity index (χ3n) is 2.53. The maximum absolute atomic E-state index is 6.06. The van der Waals surface area contributed by atoms with E-state index >= 15 is 0 Å². The Hall–Kier alpha value is 0.290. The van der Waals surface area contributed by atoms with Crippen LogP contribution in [-0.4, -0.2) is 5.38 Å². The second-order valence-corrected chi connectivity index (χ2v) is 4.86. The van der Waals surface area contributed by atoms with Gasteiger partial charge in [0.05, 0.1) is 0 Å². The van der Waals surface area contributed by atoms with Crippen molar-refractivity contribution in [3.8, 4) is 0 Å². The van der Waals surface area contributed by atoms with Crippen LogP contribution in [0.25, 0.3) is 0 Å². The quantitative estimate of drug-likeness (QED) is 0.543. The highest BCUT2D eigenvalue weighted by atomic mass is 35.5. The lowest BCUT2D eigenvalue weighted by Gasteiger charge is -2.17.